The van der Waals surface area contributed by atoms with Crippen LogP contribution in [0.4, 0.5) is 0 Å². The first-order valence-corrected chi connectivity index (χ1v) is 5.30. The Morgan fingerprint density at radius 2 is 2.13 bits per heavy atom. The molecule has 0 fully saturated rings. The molecule has 0 unspecified atom stereocenters. The van der Waals surface area contributed by atoms with Gasteiger partial charge in [-0.3, -0.25) is 0 Å². The van der Waals surface area contributed by atoms with Crippen LogP contribution in [0.3, 0.4) is 0 Å². The van der Waals surface area contributed by atoms with Crippen molar-refractivity contribution in [2.24, 2.45) is 5.73 Å². The fraction of sp³-hybridized carbons (Fsp3) is 0.455. The SMILES string of the molecule is CCOc1c(Cl)cc(CCN)cc1OC. The summed E-state index contributed by atoms with van der Waals surface area (Å²) in [4.78, 5) is 0. The highest BCUT2D eigenvalue weighted by Crippen LogP contribution is 2.36. The number of ether oxygens (including phenoxy) is 2. The minimum absolute atomic E-state index is 0.562. The number of methoxy groups -OCH3 is 1. The molecule has 15 heavy (non-hydrogen) atoms. The van der Waals surface area contributed by atoms with E-state index in [1.165, 1.54) is 0 Å². The molecule has 0 aliphatic carbocycles. The summed E-state index contributed by atoms with van der Waals surface area (Å²) in [7, 11) is 1.60. The van der Waals surface area contributed by atoms with E-state index in [0.29, 0.717) is 29.7 Å². The Labute approximate surface area is 95.1 Å². The zero-order chi connectivity index (χ0) is 11.3. The lowest BCUT2D eigenvalue weighted by atomic mass is 10.1. The van der Waals surface area contributed by atoms with Gasteiger partial charge in [0.15, 0.2) is 11.5 Å². The van der Waals surface area contributed by atoms with Gasteiger partial charge >= 0.3 is 0 Å². The molecule has 4 heteroatoms. The van der Waals surface area contributed by atoms with Crippen LogP contribution in [0.1, 0.15) is 12.5 Å². The standard InChI is InChI=1S/C11H16ClNO2/c1-3-15-11-9(12)6-8(4-5-13)7-10(11)14-2/h6-7H,3-5,13H2,1-2H3. The van der Waals surface area contributed by atoms with E-state index < -0.39 is 0 Å². The van der Waals surface area contributed by atoms with Crippen LogP contribution < -0.4 is 15.2 Å². The monoisotopic (exact) mass is 229 g/mol. The van der Waals surface area contributed by atoms with E-state index in [1.807, 2.05) is 19.1 Å². The molecule has 0 saturated heterocycles. The van der Waals surface area contributed by atoms with Gasteiger partial charge in [0.25, 0.3) is 0 Å². The maximum absolute atomic E-state index is 6.08. The maximum Gasteiger partial charge on any atom is 0.179 e. The van der Waals surface area contributed by atoms with Gasteiger partial charge < -0.3 is 15.2 Å². The third kappa shape index (κ3) is 3.01. The van der Waals surface area contributed by atoms with E-state index in [9.17, 15) is 0 Å². The molecule has 0 saturated carbocycles. The molecular weight excluding hydrogens is 214 g/mol. The lowest BCUT2D eigenvalue weighted by Crippen LogP contribution is -2.04. The molecule has 3 nitrogen and oxygen atoms in total. The molecule has 0 aromatic heterocycles. The van der Waals surface area contributed by atoms with Crippen molar-refractivity contribution in [1.29, 1.82) is 0 Å². The van der Waals surface area contributed by atoms with Crippen LogP contribution >= 0.6 is 11.6 Å². The van der Waals surface area contributed by atoms with Crippen molar-refractivity contribution in [3.8, 4) is 11.5 Å². The summed E-state index contributed by atoms with van der Waals surface area (Å²) in [5.41, 5.74) is 6.54. The van der Waals surface area contributed by atoms with Crippen molar-refractivity contribution in [2.45, 2.75) is 13.3 Å². The van der Waals surface area contributed by atoms with Crippen molar-refractivity contribution in [3.05, 3.63) is 22.7 Å². The van der Waals surface area contributed by atoms with Gasteiger partial charge in [0.2, 0.25) is 0 Å². The quantitative estimate of drug-likeness (QED) is 0.842. The molecule has 0 atom stereocenters. The van der Waals surface area contributed by atoms with E-state index in [4.69, 9.17) is 26.8 Å². The summed E-state index contributed by atoms with van der Waals surface area (Å²) in [6, 6.07) is 3.77. The second-order valence-electron chi connectivity index (χ2n) is 3.08. The lowest BCUT2D eigenvalue weighted by molar-refractivity contribution is 0.311. The van der Waals surface area contributed by atoms with Crippen LogP contribution in [0.2, 0.25) is 5.02 Å². The molecule has 84 valence electrons. The van der Waals surface area contributed by atoms with Crippen molar-refractivity contribution < 1.29 is 9.47 Å². The molecule has 0 aliphatic heterocycles. The molecular formula is C11H16ClNO2. The van der Waals surface area contributed by atoms with Gasteiger partial charge in [0, 0.05) is 0 Å². The number of hydrogen-bond acceptors (Lipinski definition) is 3. The average molecular weight is 230 g/mol. The van der Waals surface area contributed by atoms with Gasteiger partial charge in [0.05, 0.1) is 18.7 Å². The van der Waals surface area contributed by atoms with Gasteiger partial charge in [-0.15, -0.1) is 0 Å². The topological polar surface area (TPSA) is 44.5 Å². The summed E-state index contributed by atoms with van der Waals surface area (Å²) >= 11 is 6.08. The molecule has 0 aliphatic rings. The zero-order valence-corrected chi connectivity index (χ0v) is 9.80. The minimum atomic E-state index is 0.562. The Balaban J connectivity index is 3.06. The Morgan fingerprint density at radius 1 is 1.40 bits per heavy atom. The van der Waals surface area contributed by atoms with Gasteiger partial charge in [-0.05, 0) is 37.6 Å². The van der Waals surface area contributed by atoms with Crippen molar-refractivity contribution in [2.75, 3.05) is 20.3 Å². The summed E-state index contributed by atoms with van der Waals surface area (Å²) < 4.78 is 10.6. The van der Waals surface area contributed by atoms with Crippen LogP contribution in [0.25, 0.3) is 0 Å². The van der Waals surface area contributed by atoms with E-state index in [1.54, 1.807) is 7.11 Å². The largest absolute Gasteiger partial charge is 0.493 e. The second-order valence-corrected chi connectivity index (χ2v) is 3.49. The van der Waals surface area contributed by atoms with Gasteiger partial charge in [-0.2, -0.15) is 0 Å². The first kappa shape index (κ1) is 12.1. The van der Waals surface area contributed by atoms with E-state index >= 15 is 0 Å². The number of rotatable bonds is 5. The summed E-state index contributed by atoms with van der Waals surface area (Å²) in [6.07, 6.45) is 0.780. The smallest absolute Gasteiger partial charge is 0.179 e. The van der Waals surface area contributed by atoms with Crippen LogP contribution in [-0.4, -0.2) is 20.3 Å². The Morgan fingerprint density at radius 3 is 2.67 bits per heavy atom. The average Bonchev–Trinajstić information content (AvgIpc) is 2.22. The maximum atomic E-state index is 6.08. The molecule has 0 heterocycles. The number of halogens is 1. The molecule has 0 amide bonds. The van der Waals surface area contributed by atoms with Crippen molar-refractivity contribution in [1.82, 2.24) is 0 Å². The van der Waals surface area contributed by atoms with Gasteiger partial charge in [0.1, 0.15) is 0 Å². The molecule has 2 N–H and O–H groups in total. The van der Waals surface area contributed by atoms with Crippen molar-refractivity contribution >= 4 is 11.6 Å². The predicted molar refractivity (Wildman–Crippen MR) is 61.9 cm³/mol. The first-order chi connectivity index (χ1) is 7.22. The lowest BCUT2D eigenvalue weighted by Gasteiger charge is -2.12. The highest BCUT2D eigenvalue weighted by atomic mass is 35.5. The molecule has 1 aromatic rings. The summed E-state index contributed by atoms with van der Waals surface area (Å²) in [5.74, 6) is 1.26. The molecule has 0 radical (unpaired) electrons. The number of nitrogens with two attached hydrogens (primary N) is 1. The highest BCUT2D eigenvalue weighted by Gasteiger charge is 2.10. The van der Waals surface area contributed by atoms with Crippen molar-refractivity contribution in [3.63, 3.8) is 0 Å². The van der Waals surface area contributed by atoms with Crippen LogP contribution in [0.5, 0.6) is 11.5 Å². The third-order valence-corrected chi connectivity index (χ3v) is 2.29. The van der Waals surface area contributed by atoms with Gasteiger partial charge in [-0.25, -0.2) is 0 Å². The van der Waals surface area contributed by atoms with Gasteiger partial charge in [-0.1, -0.05) is 11.6 Å². The molecule has 1 rings (SSSR count). The second kappa shape index (κ2) is 5.83. The number of benzene rings is 1. The Bertz CT molecular complexity index is 329. The third-order valence-electron chi connectivity index (χ3n) is 2.01. The Hall–Kier alpha value is -0.930. The van der Waals surface area contributed by atoms with Crippen LogP contribution in [-0.2, 0) is 6.42 Å². The summed E-state index contributed by atoms with van der Waals surface area (Å²) in [6.45, 7) is 3.06. The first-order valence-electron chi connectivity index (χ1n) is 4.92. The molecule has 1 aromatic carbocycles. The highest BCUT2D eigenvalue weighted by molar-refractivity contribution is 6.32. The molecule has 0 spiro atoms. The van der Waals surface area contributed by atoms with E-state index in [2.05, 4.69) is 0 Å². The fourth-order valence-corrected chi connectivity index (χ4v) is 1.66. The van der Waals surface area contributed by atoms with E-state index in [0.717, 1.165) is 12.0 Å². The van der Waals surface area contributed by atoms with Crippen LogP contribution in [0, 0.1) is 0 Å². The van der Waals surface area contributed by atoms with E-state index in [-0.39, 0.29) is 0 Å². The minimum Gasteiger partial charge on any atom is -0.493 e. The fourth-order valence-electron chi connectivity index (χ4n) is 1.37. The normalized spacial score (nSPS) is 10.1. The summed E-state index contributed by atoms with van der Waals surface area (Å²) in [5, 5.41) is 0.569. The Kier molecular flexibility index (Phi) is 4.72. The number of hydrogen-bond donors (Lipinski definition) is 1. The van der Waals surface area contributed by atoms with Crippen LogP contribution in [0.15, 0.2) is 12.1 Å². The predicted octanol–water partition coefficient (Wildman–Crippen LogP) is 2.25. The zero-order valence-electron chi connectivity index (χ0n) is 9.05. The molecule has 0 bridgehead atoms.